The van der Waals surface area contributed by atoms with Crippen molar-refractivity contribution in [2.75, 3.05) is 0 Å². The van der Waals surface area contributed by atoms with Crippen LogP contribution in [0, 0.1) is 6.92 Å². The molecule has 2 aromatic rings. The van der Waals surface area contributed by atoms with Gasteiger partial charge < -0.3 is 4.98 Å². The van der Waals surface area contributed by atoms with Gasteiger partial charge in [0.05, 0.1) is 5.69 Å². The fourth-order valence-electron chi connectivity index (χ4n) is 1.23. The molecule has 0 aliphatic rings. The highest BCUT2D eigenvalue weighted by Crippen LogP contribution is 2.05. The summed E-state index contributed by atoms with van der Waals surface area (Å²) in [5, 5.41) is 0. The molecule has 0 radical (unpaired) electrons. The molecule has 0 saturated carbocycles. The summed E-state index contributed by atoms with van der Waals surface area (Å²) < 4.78 is 1.57. The van der Waals surface area contributed by atoms with Gasteiger partial charge in [0.15, 0.2) is 0 Å². The van der Waals surface area contributed by atoms with Crippen LogP contribution in [0.25, 0.3) is 5.69 Å². The quantitative estimate of drug-likeness (QED) is 0.698. The molecule has 3 nitrogen and oxygen atoms in total. The summed E-state index contributed by atoms with van der Waals surface area (Å²) in [5.41, 5.74) is 1.97. The van der Waals surface area contributed by atoms with E-state index in [4.69, 9.17) is 0 Å². The standard InChI is InChI=1S/C10H10N2O/c1-8-2-4-9(5-3-8)12-7-6-11-10(12)13/h2-7H,1H3,(H,11,13). The molecule has 1 aromatic carbocycles. The number of aryl methyl sites for hydroxylation is 1. The normalized spacial score (nSPS) is 10.2. The van der Waals surface area contributed by atoms with Gasteiger partial charge >= 0.3 is 5.69 Å². The predicted octanol–water partition coefficient (Wildman–Crippen LogP) is 1.47. The number of H-pyrrole nitrogens is 1. The molecule has 0 unspecified atom stereocenters. The Morgan fingerprint density at radius 3 is 2.46 bits per heavy atom. The first kappa shape index (κ1) is 7.86. The van der Waals surface area contributed by atoms with E-state index in [0.717, 1.165) is 5.69 Å². The Balaban J connectivity index is 2.54. The lowest BCUT2D eigenvalue weighted by Gasteiger charge is -2.00. The Morgan fingerprint density at radius 2 is 1.92 bits per heavy atom. The summed E-state index contributed by atoms with van der Waals surface area (Å²) in [6, 6.07) is 7.80. The molecular formula is C10H10N2O. The van der Waals surface area contributed by atoms with E-state index in [9.17, 15) is 4.79 Å². The number of rotatable bonds is 1. The van der Waals surface area contributed by atoms with Gasteiger partial charge in [-0.3, -0.25) is 4.57 Å². The van der Waals surface area contributed by atoms with Gasteiger partial charge in [-0.2, -0.15) is 0 Å². The summed E-state index contributed by atoms with van der Waals surface area (Å²) in [4.78, 5) is 13.8. The zero-order valence-corrected chi connectivity index (χ0v) is 7.32. The highest BCUT2D eigenvalue weighted by Gasteiger charge is 1.97. The van der Waals surface area contributed by atoms with Crippen LogP contribution in [0.2, 0.25) is 0 Å². The van der Waals surface area contributed by atoms with Gasteiger partial charge in [-0.25, -0.2) is 4.79 Å². The molecule has 0 aliphatic carbocycles. The number of aromatic nitrogens is 2. The number of imidazole rings is 1. The van der Waals surface area contributed by atoms with Crippen molar-refractivity contribution in [2.24, 2.45) is 0 Å². The maximum atomic E-state index is 11.2. The van der Waals surface area contributed by atoms with Crippen molar-refractivity contribution in [3.05, 3.63) is 52.7 Å². The predicted molar refractivity (Wildman–Crippen MR) is 51.1 cm³/mol. The number of hydrogen-bond acceptors (Lipinski definition) is 1. The summed E-state index contributed by atoms with van der Waals surface area (Å²) in [6.45, 7) is 2.02. The van der Waals surface area contributed by atoms with E-state index in [2.05, 4.69) is 4.98 Å². The van der Waals surface area contributed by atoms with Gasteiger partial charge in [-0.05, 0) is 19.1 Å². The van der Waals surface area contributed by atoms with Crippen molar-refractivity contribution < 1.29 is 0 Å². The molecule has 0 bridgehead atoms. The molecule has 0 aliphatic heterocycles. The van der Waals surface area contributed by atoms with E-state index < -0.39 is 0 Å². The van der Waals surface area contributed by atoms with Crippen LogP contribution in [0.3, 0.4) is 0 Å². The molecule has 3 heteroatoms. The van der Waals surface area contributed by atoms with Gasteiger partial charge in [0.25, 0.3) is 0 Å². The van der Waals surface area contributed by atoms with Crippen LogP contribution < -0.4 is 5.69 Å². The fraction of sp³-hybridized carbons (Fsp3) is 0.100. The monoisotopic (exact) mass is 174 g/mol. The molecule has 2 rings (SSSR count). The molecular weight excluding hydrogens is 164 g/mol. The van der Waals surface area contributed by atoms with Gasteiger partial charge in [0.2, 0.25) is 0 Å². The molecule has 0 fully saturated rings. The summed E-state index contributed by atoms with van der Waals surface area (Å²) in [5.74, 6) is 0. The topological polar surface area (TPSA) is 37.8 Å². The first-order valence-electron chi connectivity index (χ1n) is 4.10. The third kappa shape index (κ3) is 1.40. The molecule has 0 amide bonds. The maximum Gasteiger partial charge on any atom is 0.330 e. The zero-order chi connectivity index (χ0) is 9.26. The van der Waals surface area contributed by atoms with E-state index in [-0.39, 0.29) is 5.69 Å². The third-order valence-corrected chi connectivity index (χ3v) is 1.96. The summed E-state index contributed by atoms with van der Waals surface area (Å²) in [6.07, 6.45) is 3.34. The number of benzene rings is 1. The number of hydrogen-bond donors (Lipinski definition) is 1. The lowest BCUT2D eigenvalue weighted by molar-refractivity contribution is 0.986. The molecule has 0 atom stereocenters. The van der Waals surface area contributed by atoms with Crippen molar-refractivity contribution in [3.8, 4) is 5.69 Å². The Hall–Kier alpha value is -1.77. The van der Waals surface area contributed by atoms with Gasteiger partial charge in [-0.1, -0.05) is 17.7 Å². The number of nitrogens with one attached hydrogen (secondary N) is 1. The first-order chi connectivity index (χ1) is 6.27. The third-order valence-electron chi connectivity index (χ3n) is 1.96. The second-order valence-corrected chi connectivity index (χ2v) is 2.97. The van der Waals surface area contributed by atoms with Crippen LogP contribution in [0.15, 0.2) is 41.5 Å². The van der Waals surface area contributed by atoms with Crippen LogP contribution in [0.5, 0.6) is 0 Å². The summed E-state index contributed by atoms with van der Waals surface area (Å²) >= 11 is 0. The lowest BCUT2D eigenvalue weighted by atomic mass is 10.2. The van der Waals surface area contributed by atoms with Crippen molar-refractivity contribution in [3.63, 3.8) is 0 Å². The molecule has 0 saturated heterocycles. The molecule has 1 heterocycles. The molecule has 13 heavy (non-hydrogen) atoms. The van der Waals surface area contributed by atoms with Crippen LogP contribution in [-0.2, 0) is 0 Å². The molecule has 1 aromatic heterocycles. The maximum absolute atomic E-state index is 11.2. The largest absolute Gasteiger partial charge is 0.330 e. The lowest BCUT2D eigenvalue weighted by Crippen LogP contribution is -2.13. The highest BCUT2D eigenvalue weighted by molar-refractivity contribution is 5.33. The van der Waals surface area contributed by atoms with Crippen LogP contribution in [0.1, 0.15) is 5.56 Å². The van der Waals surface area contributed by atoms with Gasteiger partial charge in [-0.15, -0.1) is 0 Å². The van der Waals surface area contributed by atoms with Crippen LogP contribution in [-0.4, -0.2) is 9.55 Å². The van der Waals surface area contributed by atoms with E-state index in [1.165, 1.54) is 5.56 Å². The Morgan fingerprint density at radius 1 is 1.23 bits per heavy atom. The van der Waals surface area contributed by atoms with Crippen LogP contribution in [0.4, 0.5) is 0 Å². The minimum absolute atomic E-state index is 0.108. The Bertz CT molecular complexity index is 450. The SMILES string of the molecule is Cc1ccc(-n2cc[nH]c2=O)cc1. The minimum Gasteiger partial charge on any atom is -0.312 e. The molecule has 0 spiro atoms. The van der Waals surface area contributed by atoms with Crippen molar-refractivity contribution in [2.45, 2.75) is 6.92 Å². The second kappa shape index (κ2) is 2.94. The second-order valence-electron chi connectivity index (χ2n) is 2.97. The Labute approximate surface area is 75.7 Å². The minimum atomic E-state index is -0.108. The summed E-state index contributed by atoms with van der Waals surface area (Å²) in [7, 11) is 0. The number of nitrogens with zero attached hydrogens (tertiary/aromatic N) is 1. The Kier molecular flexibility index (Phi) is 1.77. The smallest absolute Gasteiger partial charge is 0.312 e. The van der Waals surface area contributed by atoms with Gasteiger partial charge in [0, 0.05) is 12.4 Å². The van der Waals surface area contributed by atoms with E-state index in [1.807, 2.05) is 31.2 Å². The van der Waals surface area contributed by atoms with Crippen molar-refractivity contribution >= 4 is 0 Å². The molecule has 1 N–H and O–H groups in total. The molecule has 66 valence electrons. The van der Waals surface area contributed by atoms with E-state index >= 15 is 0 Å². The first-order valence-corrected chi connectivity index (χ1v) is 4.10. The average molecular weight is 174 g/mol. The number of aromatic amines is 1. The van der Waals surface area contributed by atoms with Crippen molar-refractivity contribution in [1.29, 1.82) is 0 Å². The fourth-order valence-corrected chi connectivity index (χ4v) is 1.23. The highest BCUT2D eigenvalue weighted by atomic mass is 16.1. The van der Waals surface area contributed by atoms with E-state index in [0.29, 0.717) is 0 Å². The van der Waals surface area contributed by atoms with Crippen molar-refractivity contribution in [1.82, 2.24) is 9.55 Å². The van der Waals surface area contributed by atoms with Crippen LogP contribution >= 0.6 is 0 Å². The zero-order valence-electron chi connectivity index (χ0n) is 7.32. The van der Waals surface area contributed by atoms with E-state index in [1.54, 1.807) is 17.0 Å². The van der Waals surface area contributed by atoms with Gasteiger partial charge in [0.1, 0.15) is 0 Å². The average Bonchev–Trinajstić information content (AvgIpc) is 2.53.